The number of nitrogens with one attached hydrogen (secondary N) is 2. The molecule has 0 spiro atoms. The first kappa shape index (κ1) is 23.2. The highest BCUT2D eigenvalue weighted by molar-refractivity contribution is 6.37. The highest BCUT2D eigenvalue weighted by Gasteiger charge is 2.17. The van der Waals surface area contributed by atoms with Crippen LogP contribution in [0.2, 0.25) is 5.02 Å². The second-order valence-electron chi connectivity index (χ2n) is 6.70. The topological polar surface area (TPSA) is 138 Å². The van der Waals surface area contributed by atoms with Gasteiger partial charge in [-0.1, -0.05) is 37.8 Å². The van der Waals surface area contributed by atoms with Crippen LogP contribution in [0.4, 0.5) is 5.82 Å². The number of hydrogen-bond donors (Lipinski definition) is 5. The molecule has 8 nitrogen and oxygen atoms in total. The van der Waals surface area contributed by atoms with Crippen molar-refractivity contribution in [1.29, 1.82) is 0 Å². The first-order valence-corrected chi connectivity index (χ1v) is 9.89. The number of allylic oxidation sites excluding steroid dienone is 3. The maximum absolute atomic E-state index is 9.66. The van der Waals surface area contributed by atoms with Gasteiger partial charge in [-0.25, -0.2) is 9.97 Å². The van der Waals surface area contributed by atoms with E-state index >= 15 is 0 Å². The van der Waals surface area contributed by atoms with Crippen molar-refractivity contribution >= 4 is 34.7 Å². The SMILES string of the molecule is C=CC=N/C(=C/C(=C\N)Cc1nc(NC[C@H](C)O)c2c(Cl)c(CC)[nH]c2n1)C(=C)N. The summed E-state index contributed by atoms with van der Waals surface area (Å²) in [5.41, 5.74) is 14.6. The number of aryl methyl sites for hydroxylation is 1. The van der Waals surface area contributed by atoms with Gasteiger partial charge in [-0.2, -0.15) is 0 Å². The van der Waals surface area contributed by atoms with E-state index in [9.17, 15) is 5.11 Å². The summed E-state index contributed by atoms with van der Waals surface area (Å²) in [4.78, 5) is 16.7. The molecule has 9 heteroatoms. The van der Waals surface area contributed by atoms with Crippen molar-refractivity contribution in [3.05, 3.63) is 65.0 Å². The van der Waals surface area contributed by atoms with Crippen LogP contribution < -0.4 is 16.8 Å². The maximum atomic E-state index is 9.66. The van der Waals surface area contributed by atoms with Crippen molar-refractivity contribution in [2.45, 2.75) is 32.8 Å². The number of nitrogens with zero attached hydrogens (tertiary/aromatic N) is 3. The molecule has 2 aromatic rings. The molecule has 2 heterocycles. The number of aliphatic hydroxyl groups is 1. The zero-order chi connectivity index (χ0) is 22.3. The second-order valence-corrected chi connectivity index (χ2v) is 7.08. The van der Waals surface area contributed by atoms with Crippen LogP contribution >= 0.6 is 11.6 Å². The Bertz CT molecular complexity index is 1020. The molecule has 0 bridgehead atoms. The number of aromatic nitrogens is 3. The molecule has 0 aromatic carbocycles. The van der Waals surface area contributed by atoms with Crippen molar-refractivity contribution in [3.8, 4) is 0 Å². The number of nitrogens with two attached hydrogens (primary N) is 2. The number of halogens is 1. The van der Waals surface area contributed by atoms with E-state index in [1.54, 1.807) is 19.1 Å². The summed E-state index contributed by atoms with van der Waals surface area (Å²) < 4.78 is 0. The molecule has 0 amide bonds. The van der Waals surface area contributed by atoms with Crippen LogP contribution in [-0.2, 0) is 12.8 Å². The lowest BCUT2D eigenvalue weighted by atomic mass is 10.1. The second kappa shape index (κ2) is 10.6. The van der Waals surface area contributed by atoms with E-state index in [0.717, 1.165) is 12.1 Å². The summed E-state index contributed by atoms with van der Waals surface area (Å²) in [6, 6.07) is 0. The number of aromatic amines is 1. The Morgan fingerprint density at radius 1 is 1.43 bits per heavy atom. The molecular formula is C21H28ClN7O. The minimum atomic E-state index is -0.551. The van der Waals surface area contributed by atoms with Crippen LogP contribution in [0.3, 0.4) is 0 Å². The molecule has 160 valence electrons. The Kier molecular flexibility index (Phi) is 8.20. The van der Waals surface area contributed by atoms with Gasteiger partial charge in [-0.15, -0.1) is 0 Å². The molecule has 1 atom stereocenters. The number of fused-ring (bicyclic) bond motifs is 1. The number of hydrogen-bond acceptors (Lipinski definition) is 7. The summed E-state index contributed by atoms with van der Waals surface area (Å²) >= 11 is 6.51. The van der Waals surface area contributed by atoms with Gasteiger partial charge in [0.15, 0.2) is 0 Å². The van der Waals surface area contributed by atoms with E-state index in [-0.39, 0.29) is 0 Å². The van der Waals surface area contributed by atoms with Crippen molar-refractivity contribution in [2.75, 3.05) is 11.9 Å². The van der Waals surface area contributed by atoms with Gasteiger partial charge in [-0.05, 0) is 31.2 Å². The molecule has 0 aliphatic rings. The van der Waals surface area contributed by atoms with E-state index in [0.29, 0.717) is 57.6 Å². The van der Waals surface area contributed by atoms with E-state index in [4.69, 9.17) is 23.1 Å². The third kappa shape index (κ3) is 5.71. The Labute approximate surface area is 181 Å². The van der Waals surface area contributed by atoms with Crippen LogP contribution in [0, 0.1) is 0 Å². The van der Waals surface area contributed by atoms with E-state index < -0.39 is 6.10 Å². The summed E-state index contributed by atoms with van der Waals surface area (Å²) in [6.45, 7) is 11.3. The lowest BCUT2D eigenvalue weighted by Crippen LogP contribution is -2.17. The van der Waals surface area contributed by atoms with Gasteiger partial charge < -0.3 is 26.9 Å². The predicted molar refractivity (Wildman–Crippen MR) is 125 cm³/mol. The largest absolute Gasteiger partial charge is 0.404 e. The van der Waals surface area contributed by atoms with Crippen LogP contribution in [0.25, 0.3) is 11.0 Å². The zero-order valence-electron chi connectivity index (χ0n) is 17.2. The summed E-state index contributed by atoms with van der Waals surface area (Å²) in [6.07, 6.45) is 6.73. The molecule has 0 aliphatic carbocycles. The first-order chi connectivity index (χ1) is 14.3. The molecule has 0 aliphatic heterocycles. The molecule has 2 rings (SSSR count). The Balaban J connectivity index is 2.48. The van der Waals surface area contributed by atoms with Crippen LogP contribution in [0.5, 0.6) is 0 Å². The van der Waals surface area contributed by atoms with Gasteiger partial charge in [0.2, 0.25) is 0 Å². The van der Waals surface area contributed by atoms with Crippen LogP contribution in [0.1, 0.15) is 25.4 Å². The van der Waals surface area contributed by atoms with Crippen molar-refractivity contribution in [1.82, 2.24) is 15.0 Å². The Morgan fingerprint density at radius 3 is 2.73 bits per heavy atom. The van der Waals surface area contributed by atoms with Crippen LogP contribution in [0.15, 0.2) is 53.5 Å². The highest BCUT2D eigenvalue weighted by Crippen LogP contribution is 2.32. The standard InChI is InChI=1S/C21H28ClN7O/c1-5-7-25-16(13(4)24)8-14(10-23)9-17-28-20(26-11-12(3)30)18-19(22)15(6-2)27-21(18)29-17/h5,7-8,10,12,30H,1,4,6,9,11,23-24H2,2-3H3,(H2,26,27,28,29)/b14-10+,16-8+,25-7?/t12-/m0/s1. The highest BCUT2D eigenvalue weighted by atomic mass is 35.5. The Hall–Kier alpha value is -3.10. The molecule has 2 aromatic heterocycles. The number of aliphatic imine (C=N–C) groups is 1. The number of anilines is 1. The predicted octanol–water partition coefficient (Wildman–Crippen LogP) is 2.96. The average Bonchev–Trinajstić information content (AvgIpc) is 3.03. The number of H-pyrrole nitrogens is 1. The summed E-state index contributed by atoms with van der Waals surface area (Å²) in [5, 5.41) is 14.1. The summed E-state index contributed by atoms with van der Waals surface area (Å²) in [5.74, 6) is 1.06. The lowest BCUT2D eigenvalue weighted by Gasteiger charge is -2.11. The van der Waals surface area contributed by atoms with Gasteiger partial charge in [0.1, 0.15) is 17.3 Å². The van der Waals surface area contributed by atoms with E-state index in [1.165, 1.54) is 12.4 Å². The molecule has 30 heavy (non-hydrogen) atoms. The summed E-state index contributed by atoms with van der Waals surface area (Å²) in [7, 11) is 0. The van der Waals surface area contributed by atoms with Gasteiger partial charge in [0.05, 0.1) is 27.9 Å². The van der Waals surface area contributed by atoms with Gasteiger partial charge in [0, 0.05) is 24.9 Å². The number of rotatable bonds is 10. The average molecular weight is 430 g/mol. The molecule has 0 fully saturated rings. The molecule has 7 N–H and O–H groups in total. The fourth-order valence-corrected chi connectivity index (χ4v) is 3.07. The van der Waals surface area contributed by atoms with Gasteiger partial charge >= 0.3 is 0 Å². The third-order valence-corrected chi connectivity index (χ3v) is 4.59. The van der Waals surface area contributed by atoms with Crippen molar-refractivity contribution in [3.63, 3.8) is 0 Å². The van der Waals surface area contributed by atoms with E-state index in [2.05, 4.69) is 38.4 Å². The van der Waals surface area contributed by atoms with Crippen molar-refractivity contribution in [2.24, 2.45) is 16.5 Å². The third-order valence-electron chi connectivity index (χ3n) is 4.17. The molecular weight excluding hydrogens is 402 g/mol. The smallest absolute Gasteiger partial charge is 0.144 e. The zero-order valence-corrected chi connectivity index (χ0v) is 18.0. The van der Waals surface area contributed by atoms with Gasteiger partial charge in [-0.3, -0.25) is 4.99 Å². The fraction of sp³-hybridized carbons (Fsp3) is 0.286. The lowest BCUT2D eigenvalue weighted by molar-refractivity contribution is 0.208. The first-order valence-electron chi connectivity index (χ1n) is 9.51. The molecule has 0 saturated heterocycles. The van der Waals surface area contributed by atoms with Gasteiger partial charge in [0.25, 0.3) is 0 Å². The fourth-order valence-electron chi connectivity index (χ4n) is 2.71. The quantitative estimate of drug-likeness (QED) is 0.290. The number of aliphatic hydroxyl groups excluding tert-OH is 1. The molecule has 0 radical (unpaired) electrons. The minimum Gasteiger partial charge on any atom is -0.404 e. The molecule has 0 saturated carbocycles. The minimum absolute atomic E-state index is 0.298. The van der Waals surface area contributed by atoms with E-state index in [1.807, 2.05) is 6.92 Å². The Morgan fingerprint density at radius 2 is 2.17 bits per heavy atom. The maximum Gasteiger partial charge on any atom is 0.144 e. The van der Waals surface area contributed by atoms with Crippen molar-refractivity contribution < 1.29 is 5.11 Å². The monoisotopic (exact) mass is 429 g/mol. The van der Waals surface area contributed by atoms with Crippen LogP contribution in [-0.4, -0.2) is 38.9 Å². The molecule has 0 unspecified atom stereocenters. The normalized spacial score (nSPS) is 13.7.